The van der Waals surface area contributed by atoms with Gasteiger partial charge in [0.25, 0.3) is 0 Å². The second-order valence-corrected chi connectivity index (χ2v) is 10.8. The van der Waals surface area contributed by atoms with Crippen molar-refractivity contribution in [1.82, 2.24) is 14.5 Å². The van der Waals surface area contributed by atoms with E-state index < -0.39 is 10.0 Å². The van der Waals surface area contributed by atoms with Crippen molar-refractivity contribution in [3.05, 3.63) is 24.3 Å². The number of hydrogen-bond donors (Lipinski definition) is 2. The highest BCUT2D eigenvalue weighted by Crippen LogP contribution is 2.26. The Hall–Kier alpha value is -1.69. The predicted octanol–water partition coefficient (Wildman–Crippen LogP) is 2.87. The number of carbonyl (C=O) groups is 1. The molecule has 1 saturated heterocycles. The number of rotatable bonds is 8. The molecule has 1 amide bonds. The molecule has 1 aliphatic rings. The number of carbonyl (C=O) groups excluding carboxylic acids is 1. The van der Waals surface area contributed by atoms with E-state index in [2.05, 4.69) is 20.8 Å². The Morgan fingerprint density at radius 3 is 2.54 bits per heavy atom. The highest BCUT2D eigenvalue weighted by Gasteiger charge is 2.26. The van der Waals surface area contributed by atoms with Gasteiger partial charge < -0.3 is 10.6 Å². The van der Waals surface area contributed by atoms with E-state index in [-0.39, 0.29) is 22.6 Å². The molecule has 1 aliphatic heterocycles. The monoisotopic (exact) mass is 441 g/mol. The molecule has 0 bridgehead atoms. The number of aromatic nitrogens is 2. The smallest absolute Gasteiger partial charge is 0.243 e. The quantitative estimate of drug-likeness (QED) is 0.607. The average Bonchev–Trinajstić information content (AvgIpc) is 3.32. The summed E-state index contributed by atoms with van der Waals surface area (Å²) in [4.78, 5) is 12.4. The van der Waals surface area contributed by atoms with Crippen molar-refractivity contribution in [3.63, 3.8) is 0 Å². The molecule has 8 nitrogen and oxygen atoms in total. The van der Waals surface area contributed by atoms with Crippen LogP contribution in [0.1, 0.15) is 26.7 Å². The summed E-state index contributed by atoms with van der Waals surface area (Å²) in [6, 6.07) is 6.56. The standard InChI is InChI=1S/C17H23N5O3S3/c1-12(2)18-16-20-21-17(27-16)26-11-15(23)19-13-5-7-14(8-6-13)28(24,25)22-9-3-4-10-22/h5-8,12H,3-4,9-11H2,1-2H3,(H,18,20)(H,19,23). The van der Waals surface area contributed by atoms with Crippen molar-refractivity contribution < 1.29 is 13.2 Å². The fourth-order valence-corrected chi connectivity index (χ4v) is 5.90. The highest BCUT2D eigenvalue weighted by molar-refractivity contribution is 8.01. The van der Waals surface area contributed by atoms with Crippen LogP contribution < -0.4 is 10.6 Å². The van der Waals surface area contributed by atoms with E-state index in [0.29, 0.717) is 23.1 Å². The normalized spacial score (nSPS) is 15.1. The molecule has 1 aromatic heterocycles. The Morgan fingerprint density at radius 1 is 1.21 bits per heavy atom. The van der Waals surface area contributed by atoms with Gasteiger partial charge in [-0.05, 0) is 51.0 Å². The molecule has 11 heteroatoms. The number of benzene rings is 1. The Balaban J connectivity index is 1.52. The first-order valence-electron chi connectivity index (χ1n) is 8.97. The van der Waals surface area contributed by atoms with Gasteiger partial charge >= 0.3 is 0 Å². The molecule has 152 valence electrons. The molecule has 0 spiro atoms. The Morgan fingerprint density at radius 2 is 1.89 bits per heavy atom. The van der Waals surface area contributed by atoms with Gasteiger partial charge in [0.15, 0.2) is 4.34 Å². The minimum absolute atomic E-state index is 0.186. The molecule has 2 N–H and O–H groups in total. The van der Waals surface area contributed by atoms with Crippen molar-refractivity contribution in [3.8, 4) is 0 Å². The second-order valence-electron chi connectivity index (χ2n) is 6.64. The Labute approximate surface area is 173 Å². The third-order valence-electron chi connectivity index (χ3n) is 3.99. The number of anilines is 2. The maximum atomic E-state index is 12.5. The largest absolute Gasteiger partial charge is 0.358 e. The fourth-order valence-electron chi connectivity index (χ4n) is 2.69. The predicted molar refractivity (Wildman–Crippen MR) is 112 cm³/mol. The number of nitrogens with one attached hydrogen (secondary N) is 2. The maximum absolute atomic E-state index is 12.5. The molecule has 1 aromatic carbocycles. The molecule has 2 aromatic rings. The van der Waals surface area contributed by atoms with Crippen LogP contribution in [-0.2, 0) is 14.8 Å². The van der Waals surface area contributed by atoms with Crippen LogP contribution in [0.2, 0.25) is 0 Å². The van der Waals surface area contributed by atoms with Crippen LogP contribution in [0.4, 0.5) is 10.8 Å². The van der Waals surface area contributed by atoms with E-state index in [1.165, 1.54) is 39.5 Å². The van der Waals surface area contributed by atoms with Crippen LogP contribution in [0.5, 0.6) is 0 Å². The van der Waals surface area contributed by atoms with E-state index >= 15 is 0 Å². The number of hydrogen-bond acceptors (Lipinski definition) is 8. The number of sulfonamides is 1. The minimum atomic E-state index is -3.44. The van der Waals surface area contributed by atoms with Crippen LogP contribution in [0.25, 0.3) is 0 Å². The molecule has 1 fully saturated rings. The first kappa shape index (κ1) is 21.0. The second kappa shape index (κ2) is 9.21. The topological polar surface area (TPSA) is 104 Å². The Bertz CT molecular complexity index is 906. The first-order valence-corrected chi connectivity index (χ1v) is 12.2. The van der Waals surface area contributed by atoms with Crippen LogP contribution in [-0.4, -0.2) is 53.7 Å². The van der Waals surface area contributed by atoms with Crippen molar-refractivity contribution in [2.24, 2.45) is 0 Å². The van der Waals surface area contributed by atoms with Gasteiger partial charge in [-0.3, -0.25) is 4.79 Å². The number of thioether (sulfide) groups is 1. The molecule has 0 atom stereocenters. The zero-order valence-corrected chi connectivity index (χ0v) is 18.2. The molecule has 3 rings (SSSR count). The van der Waals surface area contributed by atoms with Crippen LogP contribution in [0.15, 0.2) is 33.5 Å². The summed E-state index contributed by atoms with van der Waals surface area (Å²) in [5.41, 5.74) is 0.561. The summed E-state index contributed by atoms with van der Waals surface area (Å²) in [6.45, 7) is 5.17. The lowest BCUT2D eigenvalue weighted by atomic mass is 10.3. The first-order chi connectivity index (χ1) is 13.3. The van der Waals surface area contributed by atoms with Crippen molar-refractivity contribution in [2.75, 3.05) is 29.5 Å². The van der Waals surface area contributed by atoms with Gasteiger partial charge in [0, 0.05) is 24.8 Å². The van der Waals surface area contributed by atoms with Crippen molar-refractivity contribution in [1.29, 1.82) is 0 Å². The van der Waals surface area contributed by atoms with Crippen LogP contribution in [0, 0.1) is 0 Å². The molecule has 0 radical (unpaired) electrons. The lowest BCUT2D eigenvalue weighted by molar-refractivity contribution is -0.113. The third-order valence-corrected chi connectivity index (χ3v) is 7.89. The average molecular weight is 442 g/mol. The molecular weight excluding hydrogens is 418 g/mol. The summed E-state index contributed by atoms with van der Waals surface area (Å²) >= 11 is 2.71. The number of nitrogens with zero attached hydrogens (tertiary/aromatic N) is 3. The van der Waals surface area contributed by atoms with Gasteiger partial charge in [-0.25, -0.2) is 8.42 Å². The minimum Gasteiger partial charge on any atom is -0.358 e. The zero-order chi connectivity index (χ0) is 20.1. The summed E-state index contributed by atoms with van der Waals surface area (Å²) in [5, 5.41) is 14.7. The highest BCUT2D eigenvalue weighted by atomic mass is 32.2. The van der Waals surface area contributed by atoms with Crippen LogP contribution >= 0.6 is 23.1 Å². The molecule has 28 heavy (non-hydrogen) atoms. The number of amides is 1. The van der Waals surface area contributed by atoms with Gasteiger partial charge in [0.2, 0.25) is 21.1 Å². The lowest BCUT2D eigenvalue weighted by Crippen LogP contribution is -2.27. The van der Waals surface area contributed by atoms with Gasteiger partial charge in [0.1, 0.15) is 0 Å². The molecule has 2 heterocycles. The molecule has 0 unspecified atom stereocenters. The van der Waals surface area contributed by atoms with Gasteiger partial charge in [-0.2, -0.15) is 4.31 Å². The lowest BCUT2D eigenvalue weighted by Gasteiger charge is -2.15. The Kier molecular flexibility index (Phi) is 6.91. The molecular formula is C17H23N5O3S3. The van der Waals surface area contributed by atoms with Crippen molar-refractivity contribution >= 4 is 49.8 Å². The SMILES string of the molecule is CC(C)Nc1nnc(SCC(=O)Nc2ccc(S(=O)(=O)N3CCCC3)cc2)s1. The van der Waals surface area contributed by atoms with Gasteiger partial charge in [0.05, 0.1) is 10.6 Å². The van der Waals surface area contributed by atoms with E-state index in [4.69, 9.17) is 0 Å². The van der Waals surface area contributed by atoms with E-state index in [0.717, 1.165) is 18.0 Å². The van der Waals surface area contributed by atoms with Gasteiger partial charge in [-0.15, -0.1) is 10.2 Å². The summed E-state index contributed by atoms with van der Waals surface area (Å²) in [7, 11) is -3.44. The molecule has 0 aliphatic carbocycles. The van der Waals surface area contributed by atoms with E-state index in [1.54, 1.807) is 12.1 Å². The molecule has 0 saturated carbocycles. The fraction of sp³-hybridized carbons (Fsp3) is 0.471. The maximum Gasteiger partial charge on any atom is 0.243 e. The zero-order valence-electron chi connectivity index (χ0n) is 15.7. The summed E-state index contributed by atoms with van der Waals surface area (Å²) in [6.07, 6.45) is 1.80. The third kappa shape index (κ3) is 5.43. The van der Waals surface area contributed by atoms with E-state index in [1.807, 2.05) is 13.8 Å². The van der Waals surface area contributed by atoms with Crippen molar-refractivity contribution in [2.45, 2.75) is 42.0 Å². The van der Waals surface area contributed by atoms with Crippen LogP contribution in [0.3, 0.4) is 0 Å². The summed E-state index contributed by atoms with van der Waals surface area (Å²) < 4.78 is 27.2. The van der Waals surface area contributed by atoms with Gasteiger partial charge in [-0.1, -0.05) is 23.1 Å². The summed E-state index contributed by atoms with van der Waals surface area (Å²) in [5.74, 6) is 0.0122. The van der Waals surface area contributed by atoms with E-state index in [9.17, 15) is 13.2 Å².